The van der Waals surface area contributed by atoms with E-state index in [9.17, 15) is 14.0 Å². The SMILES string of the molecule is COC(=O)C1=C(F)CCCC=C1C=O. The van der Waals surface area contributed by atoms with Crippen molar-refractivity contribution in [2.75, 3.05) is 7.11 Å². The van der Waals surface area contributed by atoms with Crippen LogP contribution < -0.4 is 0 Å². The molecule has 0 N–H and O–H groups in total. The summed E-state index contributed by atoms with van der Waals surface area (Å²) in [4.78, 5) is 21.8. The van der Waals surface area contributed by atoms with Gasteiger partial charge in [-0.05, 0) is 12.8 Å². The van der Waals surface area contributed by atoms with Crippen molar-refractivity contribution in [2.45, 2.75) is 19.3 Å². The van der Waals surface area contributed by atoms with Crippen molar-refractivity contribution >= 4 is 12.3 Å². The highest BCUT2D eigenvalue weighted by atomic mass is 19.1. The molecule has 0 aliphatic heterocycles. The summed E-state index contributed by atoms with van der Waals surface area (Å²) in [6.07, 6.45) is 3.42. The van der Waals surface area contributed by atoms with Gasteiger partial charge in [-0.2, -0.15) is 0 Å². The first-order valence-electron chi connectivity index (χ1n) is 4.33. The van der Waals surface area contributed by atoms with E-state index in [0.717, 1.165) is 7.11 Å². The summed E-state index contributed by atoms with van der Waals surface area (Å²) >= 11 is 0. The molecule has 4 heteroatoms. The maximum atomic E-state index is 13.4. The molecule has 1 aliphatic carbocycles. The molecule has 0 saturated carbocycles. The van der Waals surface area contributed by atoms with Crippen LogP contribution in [0, 0.1) is 0 Å². The number of ether oxygens (including phenoxy) is 1. The van der Waals surface area contributed by atoms with Gasteiger partial charge in [-0.25, -0.2) is 9.18 Å². The standard InChI is InChI=1S/C10H11FO3/c1-14-10(13)9-7(6-12)4-2-3-5-8(9)11/h4,6H,2-3,5H2,1H3. The number of esters is 1. The van der Waals surface area contributed by atoms with Crippen LogP contribution >= 0.6 is 0 Å². The zero-order valence-electron chi connectivity index (χ0n) is 7.88. The van der Waals surface area contributed by atoms with Crippen LogP contribution in [0.5, 0.6) is 0 Å². The number of rotatable bonds is 2. The van der Waals surface area contributed by atoms with Crippen LogP contribution in [0.1, 0.15) is 19.3 Å². The van der Waals surface area contributed by atoms with Crippen molar-refractivity contribution in [3.05, 3.63) is 23.0 Å². The van der Waals surface area contributed by atoms with Gasteiger partial charge < -0.3 is 4.74 Å². The lowest BCUT2D eigenvalue weighted by molar-refractivity contribution is -0.136. The highest BCUT2D eigenvalue weighted by molar-refractivity contribution is 6.02. The number of aldehydes is 1. The van der Waals surface area contributed by atoms with Crippen LogP contribution in [-0.4, -0.2) is 19.4 Å². The Morgan fingerprint density at radius 3 is 2.93 bits per heavy atom. The van der Waals surface area contributed by atoms with Gasteiger partial charge in [0, 0.05) is 12.0 Å². The fourth-order valence-electron chi connectivity index (χ4n) is 1.34. The minimum atomic E-state index is -0.789. The third-order valence-electron chi connectivity index (χ3n) is 2.04. The second kappa shape index (κ2) is 4.69. The number of carbonyl (C=O) groups is 2. The van der Waals surface area contributed by atoms with E-state index in [2.05, 4.69) is 4.74 Å². The van der Waals surface area contributed by atoms with Gasteiger partial charge in [-0.3, -0.25) is 4.79 Å². The third kappa shape index (κ3) is 2.07. The van der Waals surface area contributed by atoms with Crippen LogP contribution in [0.4, 0.5) is 4.39 Å². The van der Waals surface area contributed by atoms with E-state index < -0.39 is 11.8 Å². The topological polar surface area (TPSA) is 43.4 Å². The summed E-state index contributed by atoms with van der Waals surface area (Å²) in [5.41, 5.74) is -0.133. The average Bonchev–Trinajstić information content (AvgIpc) is 2.38. The number of methoxy groups -OCH3 is 1. The Bertz CT molecular complexity index is 315. The zero-order chi connectivity index (χ0) is 10.6. The van der Waals surface area contributed by atoms with Gasteiger partial charge in [0.05, 0.1) is 7.11 Å². The van der Waals surface area contributed by atoms with Crippen LogP contribution in [0.2, 0.25) is 0 Å². The Kier molecular flexibility index (Phi) is 3.56. The summed E-state index contributed by atoms with van der Waals surface area (Å²) in [7, 11) is 1.16. The predicted octanol–water partition coefficient (Wildman–Crippen LogP) is 1.69. The minimum Gasteiger partial charge on any atom is -0.465 e. The zero-order valence-corrected chi connectivity index (χ0v) is 7.88. The molecule has 14 heavy (non-hydrogen) atoms. The lowest BCUT2D eigenvalue weighted by atomic mass is 10.1. The first-order valence-corrected chi connectivity index (χ1v) is 4.33. The normalized spacial score (nSPS) is 17.1. The van der Waals surface area contributed by atoms with Crippen LogP contribution in [0.25, 0.3) is 0 Å². The smallest absolute Gasteiger partial charge is 0.341 e. The van der Waals surface area contributed by atoms with E-state index >= 15 is 0 Å². The third-order valence-corrected chi connectivity index (χ3v) is 2.04. The van der Waals surface area contributed by atoms with Crippen molar-refractivity contribution < 1.29 is 18.7 Å². The Balaban J connectivity index is 3.13. The number of halogens is 1. The van der Waals surface area contributed by atoms with Gasteiger partial charge in [0.2, 0.25) is 0 Å². The van der Waals surface area contributed by atoms with E-state index in [1.165, 1.54) is 0 Å². The van der Waals surface area contributed by atoms with Gasteiger partial charge in [-0.15, -0.1) is 0 Å². The fraction of sp³-hybridized carbons (Fsp3) is 0.400. The van der Waals surface area contributed by atoms with Gasteiger partial charge in [-0.1, -0.05) is 6.08 Å². The molecule has 0 bridgehead atoms. The number of hydrogen-bond donors (Lipinski definition) is 0. The summed E-state index contributed by atoms with van der Waals surface area (Å²) in [6, 6.07) is 0. The van der Waals surface area contributed by atoms with Crippen molar-refractivity contribution in [2.24, 2.45) is 0 Å². The predicted molar refractivity (Wildman–Crippen MR) is 48.1 cm³/mol. The van der Waals surface area contributed by atoms with Gasteiger partial charge in [0.25, 0.3) is 0 Å². The van der Waals surface area contributed by atoms with Gasteiger partial charge >= 0.3 is 5.97 Å². The van der Waals surface area contributed by atoms with Crippen LogP contribution in [0.15, 0.2) is 23.0 Å². The molecule has 0 heterocycles. The molecule has 0 aromatic heterocycles. The Morgan fingerprint density at radius 2 is 2.36 bits per heavy atom. The lowest BCUT2D eigenvalue weighted by Crippen LogP contribution is -2.09. The molecule has 1 rings (SSSR count). The van der Waals surface area contributed by atoms with E-state index in [4.69, 9.17) is 0 Å². The molecule has 0 aromatic rings. The van der Waals surface area contributed by atoms with Crippen molar-refractivity contribution in [1.29, 1.82) is 0 Å². The number of carbonyl (C=O) groups excluding carboxylic acids is 2. The number of hydrogen-bond acceptors (Lipinski definition) is 3. The minimum absolute atomic E-state index is 0.0897. The Labute approximate surface area is 81.2 Å². The molecule has 0 atom stereocenters. The average molecular weight is 198 g/mol. The maximum Gasteiger partial charge on any atom is 0.341 e. The van der Waals surface area contributed by atoms with Gasteiger partial charge in [0.1, 0.15) is 11.4 Å². The number of allylic oxidation sites excluding steroid dienone is 2. The molecule has 0 spiro atoms. The molecular formula is C10H11FO3. The van der Waals surface area contributed by atoms with Gasteiger partial charge in [0.15, 0.2) is 6.29 Å². The Hall–Kier alpha value is -1.45. The van der Waals surface area contributed by atoms with Crippen LogP contribution in [0.3, 0.4) is 0 Å². The van der Waals surface area contributed by atoms with E-state index in [0.29, 0.717) is 19.1 Å². The molecule has 0 saturated heterocycles. The first kappa shape index (κ1) is 10.6. The van der Waals surface area contributed by atoms with E-state index in [1.54, 1.807) is 6.08 Å². The van der Waals surface area contributed by atoms with Crippen LogP contribution in [-0.2, 0) is 14.3 Å². The van der Waals surface area contributed by atoms with Crippen molar-refractivity contribution in [1.82, 2.24) is 0 Å². The molecule has 0 radical (unpaired) electrons. The van der Waals surface area contributed by atoms with E-state index in [1.807, 2.05) is 0 Å². The molecule has 76 valence electrons. The molecule has 0 aromatic carbocycles. The summed E-state index contributed by atoms with van der Waals surface area (Å²) in [5.74, 6) is -1.35. The fourth-order valence-corrected chi connectivity index (χ4v) is 1.34. The molecule has 1 aliphatic rings. The largest absolute Gasteiger partial charge is 0.465 e. The van der Waals surface area contributed by atoms with Crippen molar-refractivity contribution in [3.63, 3.8) is 0 Å². The molecule has 3 nitrogen and oxygen atoms in total. The lowest BCUT2D eigenvalue weighted by Gasteiger charge is -2.04. The highest BCUT2D eigenvalue weighted by Crippen LogP contribution is 2.25. The second-order valence-corrected chi connectivity index (χ2v) is 2.94. The molecular weight excluding hydrogens is 187 g/mol. The van der Waals surface area contributed by atoms with Crippen molar-refractivity contribution in [3.8, 4) is 0 Å². The summed E-state index contributed by atoms with van der Waals surface area (Å²) in [6.45, 7) is 0. The molecule has 0 fully saturated rings. The molecule has 0 amide bonds. The second-order valence-electron chi connectivity index (χ2n) is 2.94. The Morgan fingerprint density at radius 1 is 1.64 bits per heavy atom. The summed E-state index contributed by atoms with van der Waals surface area (Å²) < 4.78 is 17.8. The summed E-state index contributed by atoms with van der Waals surface area (Å²) in [5, 5.41) is 0. The quantitative estimate of drug-likeness (QED) is 0.501. The highest BCUT2D eigenvalue weighted by Gasteiger charge is 2.22. The monoisotopic (exact) mass is 198 g/mol. The first-order chi connectivity index (χ1) is 6.70. The van der Waals surface area contributed by atoms with E-state index in [-0.39, 0.29) is 17.6 Å². The molecule has 0 unspecified atom stereocenters. The maximum absolute atomic E-state index is 13.4.